The van der Waals surface area contributed by atoms with Crippen molar-refractivity contribution in [2.24, 2.45) is 11.8 Å². The predicted octanol–water partition coefficient (Wildman–Crippen LogP) is 7.68. The molecule has 1 N–H and O–H groups in total. The molecule has 1 aromatic carbocycles. The highest BCUT2D eigenvalue weighted by Gasteiger charge is 2.22. The van der Waals surface area contributed by atoms with Gasteiger partial charge in [-0.2, -0.15) is 5.26 Å². The number of hydrogen-bond donors (Lipinski definition) is 1. The van der Waals surface area contributed by atoms with Gasteiger partial charge in [0.25, 0.3) is 0 Å². The van der Waals surface area contributed by atoms with E-state index in [-0.39, 0.29) is 5.60 Å². The highest BCUT2D eigenvalue weighted by molar-refractivity contribution is 6.31. The van der Waals surface area contributed by atoms with Crippen molar-refractivity contribution in [2.45, 2.75) is 110 Å². The van der Waals surface area contributed by atoms with Gasteiger partial charge in [0, 0.05) is 13.1 Å². The largest absolute Gasteiger partial charge is 0.390 e. The molecule has 1 unspecified atom stereocenters. The number of nitriles is 1. The summed E-state index contributed by atoms with van der Waals surface area (Å²) >= 11 is 5.71. The molecule has 0 bridgehead atoms. The lowest BCUT2D eigenvalue weighted by molar-refractivity contribution is -0.117. The van der Waals surface area contributed by atoms with Crippen molar-refractivity contribution in [3.8, 4) is 6.07 Å². The molecule has 3 aliphatic rings. The molecule has 0 aromatic heterocycles. The van der Waals surface area contributed by atoms with E-state index < -0.39 is 0 Å². The Labute approximate surface area is 213 Å². The van der Waals surface area contributed by atoms with Crippen LogP contribution in [0.15, 0.2) is 18.2 Å². The number of halogens is 1. The molecule has 0 radical (unpaired) electrons. The van der Waals surface area contributed by atoms with Gasteiger partial charge in [0.2, 0.25) is 6.41 Å². The number of rotatable bonds is 2. The van der Waals surface area contributed by atoms with Crippen LogP contribution >= 0.6 is 11.6 Å². The van der Waals surface area contributed by atoms with Gasteiger partial charge in [-0.05, 0) is 62.6 Å². The van der Waals surface area contributed by atoms with Gasteiger partial charge in [-0.25, -0.2) is 0 Å². The van der Waals surface area contributed by atoms with Gasteiger partial charge < -0.3 is 10.0 Å². The topological polar surface area (TPSA) is 64.3 Å². The smallest absolute Gasteiger partial charge is 0.209 e. The van der Waals surface area contributed by atoms with Crippen LogP contribution < -0.4 is 0 Å². The van der Waals surface area contributed by atoms with E-state index in [9.17, 15) is 9.90 Å². The molecule has 1 atom stereocenters. The fraction of sp³-hybridized carbons (Fsp3) is 0.724. The van der Waals surface area contributed by atoms with E-state index in [1.165, 1.54) is 64.2 Å². The standard InChI is InChI=1S/C8H6ClN.C8H16.C7H14O.C6H11NO/c1-6-2-3-7(5-10)8(9)4-6;1-2-8-6-4-3-5-7-8;1-7(8)5-3-2-4-6-7;1-6-2-3-7(4-6)5-8/h2-4H,1H3;8H,2-7H2,1H3;8H,2-6H2,1H3;5-6H,2-4H2,1H3. The molecule has 192 valence electrons. The summed E-state index contributed by atoms with van der Waals surface area (Å²) in [5.74, 6) is 1.81. The summed E-state index contributed by atoms with van der Waals surface area (Å²) in [6.07, 6.45) is 16.8. The minimum Gasteiger partial charge on any atom is -0.390 e. The number of amides is 1. The number of carbonyl (C=O) groups excluding carboxylic acids is 1. The summed E-state index contributed by atoms with van der Waals surface area (Å²) in [6.45, 7) is 10.3. The van der Waals surface area contributed by atoms with Gasteiger partial charge in [-0.15, -0.1) is 0 Å². The van der Waals surface area contributed by atoms with Crippen molar-refractivity contribution in [2.75, 3.05) is 13.1 Å². The predicted molar refractivity (Wildman–Crippen MR) is 143 cm³/mol. The van der Waals surface area contributed by atoms with Crippen LogP contribution in [-0.4, -0.2) is 35.1 Å². The molecule has 2 saturated carbocycles. The van der Waals surface area contributed by atoms with Crippen molar-refractivity contribution >= 4 is 18.0 Å². The summed E-state index contributed by atoms with van der Waals surface area (Å²) < 4.78 is 0. The zero-order valence-corrected chi connectivity index (χ0v) is 22.7. The normalized spacial score (nSPS) is 21.4. The third kappa shape index (κ3) is 13.4. The first-order valence-corrected chi connectivity index (χ1v) is 13.7. The van der Waals surface area contributed by atoms with Gasteiger partial charge >= 0.3 is 0 Å². The zero-order valence-electron chi connectivity index (χ0n) is 22.0. The molecule has 0 spiro atoms. The minimum atomic E-state index is -0.321. The van der Waals surface area contributed by atoms with Crippen molar-refractivity contribution in [3.63, 3.8) is 0 Å². The molecule has 2 aliphatic carbocycles. The van der Waals surface area contributed by atoms with Crippen LogP contribution in [-0.2, 0) is 4.79 Å². The maximum atomic E-state index is 10.1. The summed E-state index contributed by atoms with van der Waals surface area (Å²) in [4.78, 5) is 11.9. The first-order chi connectivity index (χ1) is 16.2. The average Bonchev–Trinajstić information content (AvgIpc) is 3.26. The highest BCUT2D eigenvalue weighted by Crippen LogP contribution is 2.27. The zero-order chi connectivity index (χ0) is 25.4. The van der Waals surface area contributed by atoms with E-state index in [0.717, 1.165) is 49.7 Å². The minimum absolute atomic E-state index is 0.321. The Hall–Kier alpha value is -1.57. The van der Waals surface area contributed by atoms with Crippen molar-refractivity contribution in [3.05, 3.63) is 34.3 Å². The third-order valence-electron chi connectivity index (χ3n) is 7.08. The van der Waals surface area contributed by atoms with Crippen LogP contribution in [0.4, 0.5) is 0 Å². The SMILES string of the molecule is CC1(O)CCCCC1.CC1CCN(C=O)C1.CCC1CCCCC1.Cc1ccc(C#N)c(Cl)c1. The van der Waals surface area contributed by atoms with E-state index in [2.05, 4.69) is 13.8 Å². The molecule has 3 fully saturated rings. The first kappa shape index (κ1) is 30.5. The quantitative estimate of drug-likeness (QED) is 0.432. The molecule has 1 aliphatic heterocycles. The van der Waals surface area contributed by atoms with E-state index in [0.29, 0.717) is 10.6 Å². The van der Waals surface area contributed by atoms with Crippen molar-refractivity contribution < 1.29 is 9.90 Å². The van der Waals surface area contributed by atoms with Crippen molar-refractivity contribution in [1.82, 2.24) is 4.90 Å². The second kappa shape index (κ2) is 17.0. The molecule has 1 amide bonds. The van der Waals surface area contributed by atoms with Crippen molar-refractivity contribution in [1.29, 1.82) is 5.26 Å². The number of likely N-dealkylation sites (tertiary alicyclic amines) is 1. The molecule has 5 heteroatoms. The Balaban J connectivity index is 0.000000228. The lowest BCUT2D eigenvalue weighted by Crippen LogP contribution is -2.26. The fourth-order valence-electron chi connectivity index (χ4n) is 4.68. The van der Waals surface area contributed by atoms with Gasteiger partial charge in [-0.3, -0.25) is 4.79 Å². The van der Waals surface area contributed by atoms with E-state index in [1.54, 1.807) is 12.1 Å². The number of aliphatic hydroxyl groups is 1. The van der Waals surface area contributed by atoms with Crippen LogP contribution in [0, 0.1) is 30.1 Å². The number of carbonyl (C=O) groups is 1. The Kier molecular flexibility index (Phi) is 15.2. The van der Waals surface area contributed by atoms with Crippen LogP contribution in [0.2, 0.25) is 5.02 Å². The third-order valence-corrected chi connectivity index (χ3v) is 7.39. The average molecular weight is 491 g/mol. The Bertz CT molecular complexity index is 730. The maximum Gasteiger partial charge on any atom is 0.209 e. The first-order valence-electron chi connectivity index (χ1n) is 13.3. The molecule has 4 rings (SSSR count). The molecule has 4 nitrogen and oxygen atoms in total. The lowest BCUT2D eigenvalue weighted by Gasteiger charge is -2.27. The second-order valence-electron chi connectivity index (χ2n) is 10.6. The second-order valence-corrected chi connectivity index (χ2v) is 11.0. The van der Waals surface area contributed by atoms with Gasteiger partial charge in [0.15, 0.2) is 0 Å². The molecular formula is C29H47ClN2O2. The van der Waals surface area contributed by atoms with Crippen LogP contribution in [0.1, 0.15) is 109 Å². The number of nitrogens with zero attached hydrogens (tertiary/aromatic N) is 2. The van der Waals surface area contributed by atoms with E-state index in [4.69, 9.17) is 16.9 Å². The van der Waals surface area contributed by atoms with Crippen LogP contribution in [0.25, 0.3) is 0 Å². The molecule has 1 aromatic rings. The summed E-state index contributed by atoms with van der Waals surface area (Å²) in [5, 5.41) is 18.4. The number of benzene rings is 1. The summed E-state index contributed by atoms with van der Waals surface area (Å²) in [7, 11) is 0. The summed E-state index contributed by atoms with van der Waals surface area (Å²) in [5.41, 5.74) is 1.29. The van der Waals surface area contributed by atoms with E-state index in [1.807, 2.05) is 30.9 Å². The Morgan fingerprint density at radius 2 is 1.76 bits per heavy atom. The van der Waals surface area contributed by atoms with Crippen LogP contribution in [0.3, 0.4) is 0 Å². The number of aryl methyl sites for hydroxylation is 1. The molecule has 34 heavy (non-hydrogen) atoms. The lowest BCUT2D eigenvalue weighted by atomic mass is 9.87. The Morgan fingerprint density at radius 1 is 1.15 bits per heavy atom. The highest BCUT2D eigenvalue weighted by atomic mass is 35.5. The van der Waals surface area contributed by atoms with E-state index >= 15 is 0 Å². The number of hydrogen-bond acceptors (Lipinski definition) is 3. The van der Waals surface area contributed by atoms with Gasteiger partial charge in [0.05, 0.1) is 16.2 Å². The monoisotopic (exact) mass is 490 g/mol. The molecule has 1 saturated heterocycles. The molecule has 1 heterocycles. The molecular weight excluding hydrogens is 444 g/mol. The maximum absolute atomic E-state index is 10.1. The van der Waals surface area contributed by atoms with Crippen LogP contribution in [0.5, 0.6) is 0 Å². The van der Waals surface area contributed by atoms with Gasteiger partial charge in [0.1, 0.15) is 6.07 Å². The Morgan fingerprint density at radius 3 is 2.12 bits per heavy atom. The fourth-order valence-corrected chi connectivity index (χ4v) is 4.96. The summed E-state index contributed by atoms with van der Waals surface area (Å²) in [6, 6.07) is 7.35. The van der Waals surface area contributed by atoms with Gasteiger partial charge in [-0.1, -0.05) is 89.3 Å².